The molecule has 26 heavy (non-hydrogen) atoms. The van der Waals surface area contributed by atoms with Crippen molar-refractivity contribution in [3.63, 3.8) is 0 Å². The summed E-state index contributed by atoms with van der Waals surface area (Å²) in [6.45, 7) is 2.19. The molecule has 142 valence electrons. The molecular formula is C20H28N2O4. The zero-order valence-electron chi connectivity index (χ0n) is 15.6. The maximum Gasteiger partial charge on any atom is 0.328 e. The first-order valence-corrected chi connectivity index (χ1v) is 9.24. The van der Waals surface area contributed by atoms with Crippen molar-refractivity contribution in [3.05, 3.63) is 35.9 Å². The van der Waals surface area contributed by atoms with Crippen molar-refractivity contribution in [2.24, 2.45) is 0 Å². The topological polar surface area (TPSA) is 75.7 Å². The van der Waals surface area contributed by atoms with Gasteiger partial charge in [-0.25, -0.2) is 4.79 Å². The van der Waals surface area contributed by atoms with Crippen LogP contribution >= 0.6 is 0 Å². The first-order valence-electron chi connectivity index (χ1n) is 9.24. The van der Waals surface area contributed by atoms with E-state index in [0.29, 0.717) is 19.4 Å². The van der Waals surface area contributed by atoms with E-state index in [-0.39, 0.29) is 17.8 Å². The summed E-state index contributed by atoms with van der Waals surface area (Å²) in [6.07, 6.45) is 4.28. The van der Waals surface area contributed by atoms with E-state index in [1.54, 1.807) is 11.8 Å². The second-order valence-electron chi connectivity index (χ2n) is 6.69. The Balaban J connectivity index is 1.81. The number of amides is 2. The SMILES string of the molecule is COC(=O)[C@@H]1CCCCN1C(=O)[C@H](C)NC(=O)CCCc1ccccc1. The number of esters is 1. The lowest BCUT2D eigenvalue weighted by molar-refractivity contribution is -0.155. The van der Waals surface area contributed by atoms with E-state index in [0.717, 1.165) is 25.7 Å². The molecular weight excluding hydrogens is 332 g/mol. The highest BCUT2D eigenvalue weighted by molar-refractivity contribution is 5.90. The fourth-order valence-corrected chi connectivity index (χ4v) is 3.30. The van der Waals surface area contributed by atoms with Crippen molar-refractivity contribution in [1.82, 2.24) is 10.2 Å². The van der Waals surface area contributed by atoms with Crippen LogP contribution in [0, 0.1) is 0 Å². The number of aryl methyl sites for hydroxylation is 1. The number of ether oxygens (including phenoxy) is 1. The number of benzene rings is 1. The predicted molar refractivity (Wildman–Crippen MR) is 98.4 cm³/mol. The molecule has 1 aliphatic rings. The Morgan fingerprint density at radius 1 is 1.23 bits per heavy atom. The third-order valence-corrected chi connectivity index (χ3v) is 4.72. The van der Waals surface area contributed by atoms with E-state index < -0.39 is 12.1 Å². The fourth-order valence-electron chi connectivity index (χ4n) is 3.30. The highest BCUT2D eigenvalue weighted by Gasteiger charge is 2.35. The van der Waals surface area contributed by atoms with Gasteiger partial charge < -0.3 is 15.0 Å². The fraction of sp³-hybridized carbons (Fsp3) is 0.550. The molecule has 0 spiro atoms. The van der Waals surface area contributed by atoms with Crippen molar-refractivity contribution < 1.29 is 19.1 Å². The molecule has 6 heteroatoms. The van der Waals surface area contributed by atoms with E-state index in [4.69, 9.17) is 4.74 Å². The van der Waals surface area contributed by atoms with Crippen molar-refractivity contribution >= 4 is 17.8 Å². The third kappa shape index (κ3) is 5.58. The minimum Gasteiger partial charge on any atom is -0.467 e. The summed E-state index contributed by atoms with van der Waals surface area (Å²) in [6, 6.07) is 8.80. The number of hydrogen-bond acceptors (Lipinski definition) is 4. The molecule has 1 aromatic rings. The van der Waals surface area contributed by atoms with E-state index in [1.807, 2.05) is 30.3 Å². The molecule has 0 bridgehead atoms. The first kappa shape index (κ1) is 19.9. The molecule has 0 saturated carbocycles. The molecule has 0 aromatic heterocycles. The minimum absolute atomic E-state index is 0.145. The Morgan fingerprint density at radius 2 is 1.96 bits per heavy atom. The molecule has 0 aliphatic carbocycles. The standard InChI is InChI=1S/C20H28N2O4/c1-15(19(24)22-14-7-6-12-17(22)20(25)26-2)21-18(23)13-8-11-16-9-4-3-5-10-16/h3-5,9-10,15,17H,6-8,11-14H2,1-2H3,(H,21,23)/t15-,17-/m0/s1. The normalized spacial score (nSPS) is 18.1. The van der Waals surface area contributed by atoms with Crippen LogP contribution in [0.4, 0.5) is 0 Å². The molecule has 2 atom stereocenters. The number of likely N-dealkylation sites (tertiary alicyclic amines) is 1. The molecule has 2 amide bonds. The molecule has 0 unspecified atom stereocenters. The Kier molecular flexibility index (Phi) is 7.63. The highest BCUT2D eigenvalue weighted by Crippen LogP contribution is 2.19. The van der Waals surface area contributed by atoms with Crippen LogP contribution in [-0.4, -0.2) is 48.4 Å². The lowest BCUT2D eigenvalue weighted by Crippen LogP contribution is -2.54. The number of hydrogen-bond donors (Lipinski definition) is 1. The van der Waals surface area contributed by atoms with E-state index >= 15 is 0 Å². The number of methoxy groups -OCH3 is 1. The second kappa shape index (κ2) is 9.94. The summed E-state index contributed by atoms with van der Waals surface area (Å²) in [5, 5.41) is 2.76. The lowest BCUT2D eigenvalue weighted by Gasteiger charge is -2.35. The van der Waals surface area contributed by atoms with Gasteiger partial charge in [-0.3, -0.25) is 9.59 Å². The van der Waals surface area contributed by atoms with E-state index in [9.17, 15) is 14.4 Å². The molecule has 6 nitrogen and oxygen atoms in total. The molecule has 1 heterocycles. The van der Waals surface area contributed by atoms with Gasteiger partial charge in [-0.2, -0.15) is 0 Å². The first-order chi connectivity index (χ1) is 12.5. The van der Waals surface area contributed by atoms with Crippen LogP contribution in [-0.2, 0) is 25.5 Å². The van der Waals surface area contributed by atoms with Crippen LogP contribution in [0.3, 0.4) is 0 Å². The summed E-state index contributed by atoms with van der Waals surface area (Å²) >= 11 is 0. The smallest absolute Gasteiger partial charge is 0.328 e. The summed E-state index contributed by atoms with van der Waals surface area (Å²) in [5.74, 6) is -0.760. The molecule has 1 aliphatic heterocycles. The summed E-state index contributed by atoms with van der Waals surface area (Å²) < 4.78 is 4.81. The van der Waals surface area contributed by atoms with Gasteiger partial charge in [0.15, 0.2) is 0 Å². The van der Waals surface area contributed by atoms with Crippen LogP contribution in [0.15, 0.2) is 30.3 Å². The zero-order chi connectivity index (χ0) is 18.9. The maximum absolute atomic E-state index is 12.7. The van der Waals surface area contributed by atoms with Gasteiger partial charge in [-0.05, 0) is 44.6 Å². The number of carbonyl (C=O) groups is 3. The number of rotatable bonds is 7. The molecule has 2 rings (SSSR count). The number of piperidine rings is 1. The molecule has 1 N–H and O–H groups in total. The maximum atomic E-state index is 12.7. The van der Waals surface area contributed by atoms with Gasteiger partial charge >= 0.3 is 5.97 Å². The number of carbonyl (C=O) groups excluding carboxylic acids is 3. The quantitative estimate of drug-likeness (QED) is 0.755. The van der Waals surface area contributed by atoms with Crippen molar-refractivity contribution in [1.29, 1.82) is 0 Å². The average molecular weight is 360 g/mol. The van der Waals surface area contributed by atoms with Crippen molar-refractivity contribution in [2.75, 3.05) is 13.7 Å². The summed E-state index contributed by atoms with van der Waals surface area (Å²) in [4.78, 5) is 38.2. The minimum atomic E-state index is -0.649. The van der Waals surface area contributed by atoms with Gasteiger partial charge in [-0.15, -0.1) is 0 Å². The third-order valence-electron chi connectivity index (χ3n) is 4.72. The van der Waals surface area contributed by atoms with Gasteiger partial charge in [0, 0.05) is 13.0 Å². The Bertz CT molecular complexity index is 617. The molecule has 1 saturated heterocycles. The monoisotopic (exact) mass is 360 g/mol. The van der Waals surface area contributed by atoms with Crippen molar-refractivity contribution in [3.8, 4) is 0 Å². The van der Waals surface area contributed by atoms with Crippen LogP contribution in [0.1, 0.15) is 44.6 Å². The van der Waals surface area contributed by atoms with Gasteiger partial charge in [-0.1, -0.05) is 30.3 Å². The van der Waals surface area contributed by atoms with Crippen LogP contribution in [0.5, 0.6) is 0 Å². The largest absolute Gasteiger partial charge is 0.467 e. The summed E-state index contributed by atoms with van der Waals surface area (Å²) in [5.41, 5.74) is 1.19. The zero-order valence-corrected chi connectivity index (χ0v) is 15.6. The Morgan fingerprint density at radius 3 is 2.65 bits per heavy atom. The summed E-state index contributed by atoms with van der Waals surface area (Å²) in [7, 11) is 1.33. The average Bonchev–Trinajstić information content (AvgIpc) is 2.67. The second-order valence-corrected chi connectivity index (χ2v) is 6.69. The predicted octanol–water partition coefficient (Wildman–Crippen LogP) is 2.07. The van der Waals surface area contributed by atoms with Gasteiger partial charge in [0.25, 0.3) is 0 Å². The van der Waals surface area contributed by atoms with Gasteiger partial charge in [0.1, 0.15) is 12.1 Å². The number of nitrogens with one attached hydrogen (secondary N) is 1. The van der Waals surface area contributed by atoms with Crippen LogP contribution in [0.2, 0.25) is 0 Å². The van der Waals surface area contributed by atoms with E-state index in [1.165, 1.54) is 12.7 Å². The Labute approximate surface area is 154 Å². The van der Waals surface area contributed by atoms with Gasteiger partial charge in [0.05, 0.1) is 7.11 Å². The lowest BCUT2D eigenvalue weighted by atomic mass is 10.0. The molecule has 1 fully saturated rings. The molecule has 0 radical (unpaired) electrons. The van der Waals surface area contributed by atoms with Gasteiger partial charge in [0.2, 0.25) is 11.8 Å². The van der Waals surface area contributed by atoms with E-state index in [2.05, 4.69) is 5.32 Å². The van der Waals surface area contributed by atoms with Crippen molar-refractivity contribution in [2.45, 2.75) is 57.5 Å². The highest BCUT2D eigenvalue weighted by atomic mass is 16.5. The molecule has 1 aromatic carbocycles. The Hall–Kier alpha value is -2.37. The number of nitrogens with zero attached hydrogens (tertiary/aromatic N) is 1. The van der Waals surface area contributed by atoms with Crippen LogP contribution in [0.25, 0.3) is 0 Å². The van der Waals surface area contributed by atoms with Crippen LogP contribution < -0.4 is 5.32 Å².